The van der Waals surface area contributed by atoms with E-state index in [-0.39, 0.29) is 123 Å². The number of ketones is 6. The molecular weight excluding hydrogens is 1790 g/mol. The summed E-state index contributed by atoms with van der Waals surface area (Å²) in [6.07, 6.45) is 3.80. The van der Waals surface area contributed by atoms with Crippen LogP contribution in [0.2, 0.25) is 15.1 Å². The first kappa shape index (κ1) is 96.5. The van der Waals surface area contributed by atoms with Gasteiger partial charge < -0.3 is 32.8 Å². The molecule has 37 heteroatoms. The first-order valence-electron chi connectivity index (χ1n) is 40.9. The molecule has 3 aliphatic heterocycles. The fourth-order valence-corrected chi connectivity index (χ4v) is 26.9. The molecule has 0 bridgehead atoms. The Bertz CT molecular complexity index is 5040. The van der Waals surface area contributed by atoms with Crippen molar-refractivity contribution in [1.82, 2.24) is 0 Å². The van der Waals surface area contributed by atoms with Gasteiger partial charge in [-0.2, -0.15) is 8.42 Å². The first-order chi connectivity index (χ1) is 57.3. The van der Waals surface area contributed by atoms with Crippen molar-refractivity contribution in [3.63, 3.8) is 0 Å². The van der Waals surface area contributed by atoms with Gasteiger partial charge in [-0.05, 0) is 222 Å². The van der Waals surface area contributed by atoms with Gasteiger partial charge in [-0.1, -0.05) is 73.8 Å². The molecule has 12 fully saturated rings. The van der Waals surface area contributed by atoms with Gasteiger partial charge in [0, 0.05) is 93.7 Å². The van der Waals surface area contributed by atoms with Crippen molar-refractivity contribution < 1.29 is 148 Å². The number of rotatable bonds is 11. The zero-order valence-electron chi connectivity index (χ0n) is 70.2. The van der Waals surface area contributed by atoms with E-state index in [1.165, 1.54) is 49.5 Å². The smallest absolute Gasteiger partial charge is 1.00 e. The van der Waals surface area contributed by atoms with Crippen LogP contribution in [0, 0.1) is 85.8 Å². The van der Waals surface area contributed by atoms with Gasteiger partial charge in [0.05, 0.1) is 81.9 Å². The van der Waals surface area contributed by atoms with Gasteiger partial charge in [0.15, 0.2) is 68.5 Å². The van der Waals surface area contributed by atoms with Gasteiger partial charge in [-0.25, -0.2) is 34.8 Å². The average Bonchev–Trinajstić information content (AvgIpc) is 1.56. The molecule has 4 N–H and O–H groups in total. The molecule has 9 saturated carbocycles. The molecule has 3 saturated heterocycles. The van der Waals surface area contributed by atoms with E-state index in [0.717, 1.165) is 30.4 Å². The molecule has 124 heavy (non-hydrogen) atoms. The topological polar surface area (TPSA) is 298 Å². The van der Waals surface area contributed by atoms with Crippen molar-refractivity contribution in [2.24, 2.45) is 85.8 Å². The van der Waals surface area contributed by atoms with E-state index in [2.05, 4.69) is 10.7 Å². The Balaban J connectivity index is 0.000000162. The summed E-state index contributed by atoms with van der Waals surface area (Å²) in [7, 11) is -3.67. The van der Waals surface area contributed by atoms with Crippen LogP contribution in [0.5, 0.6) is 0 Å². The third-order valence-electron chi connectivity index (χ3n) is 31.1. The number of nitrogens with zero attached hydrogens (tertiary/aromatic N) is 3. The van der Waals surface area contributed by atoms with Gasteiger partial charge in [0.2, 0.25) is 9.05 Å². The minimum Gasteiger partial charge on any atom is -1.00 e. The summed E-state index contributed by atoms with van der Waals surface area (Å²) in [5, 5.41) is 51.2. The van der Waals surface area contributed by atoms with Crippen molar-refractivity contribution in [2.45, 2.75) is 170 Å². The van der Waals surface area contributed by atoms with Gasteiger partial charge in [-0.3, -0.25) is 67.0 Å². The SMILES string of the molecule is CS(=O)(=O)Cl.C[C@]12C=CC(=O)C=C1[C@@H](F)C[C@H]1[C@@H]3C[C@H]4CN(c5ccc(Cl)cc5)O[C@@]4(C(=O)CCl)[C@@]3(C)C[C@H](O)[C@@]12F.C[C@]12C=CC(=O)C=C1[C@@H](F)C[C@H]1[C@@H]3C[C@H]4CN(c5ccc(Cl)cc5)O[C@@]4(C(=O)CO)[C@@]3(C)C[C@H](O)[C@@]12F.C[C@]12C=CC(=O)C=C1[C@@H](F)C[C@H]1[C@@H]3C[C@H]4CN(c5ccc(Cl)cc5)O[C@@]4(C(=O)COS(C)(=O)=O)[C@@]3(C)C[C@H](O)[C@@]12F.[2H]CF.[Cl-].[Li+]. The van der Waals surface area contributed by atoms with Crippen LogP contribution in [0.4, 0.5) is 47.8 Å². The number of carbonyl (C=O) groups excluding carboxylic acids is 6. The molecule has 0 unspecified atom stereocenters. The number of benzene rings is 3. The number of halogens is 13. The number of alkyl halides is 8. The fraction of sp³-hybridized carbons (Fsp3) is 0.586. The number of Topliss-reactive ketones (excluding diaryl/α,β-unsaturated/α-hetero) is 3. The molecule has 21 nitrogen and oxygen atoms in total. The standard InChI is InChI=1S/C29H32ClF2NO7S.C28H29Cl2F2NO4.C28H30ClF2NO5.CH3ClO2S.CH3F.ClH.Li/c1-26-9-8-19(34)11-22(26)23(31)12-21-20-10-16-14-33(18-6-4-17(30)5-7-18)40-29(16,25(36)15-39-41(3,37)38)27(20,2)13-24(35)28(21,26)32;1-25-8-7-18(34)10-21(25)22(31)11-20-19-9-15-14-33(17-5-3-16(30)4-6-17)37-28(15,24(36)13-29)26(19,2)12-23(35)27(20,25)32;1-25-8-7-18(34)10-21(25)22(30)11-20-19-9-15-13-32(17-5-3-16(29)4-6-17)37-28(15,24(36)14-33)26(19,2)12-23(35)27(20,25)31;1-5(2,3)4;1-2;;/h4-9,11,16,20-21,23-24,35H,10,12-15H2,1-3H3;3-8,10,15,19-20,22-23,35H,9,11-14H2,1-2H3;3-8,10,15,19-20,22-23,33,35H,9,11-14H2,1-2H3;1H3;1H3;1H;/q;;;;;;+1/p-1/t16-,20-,21-,23-,24-,26-,27-,28-,29-;2*15-,19-,20-,22-,23-,25-,26-,27-,28-;;;;/m000..../s1/i;;;;1D;;. The zero-order chi connectivity index (χ0) is 90.0. The summed E-state index contributed by atoms with van der Waals surface area (Å²) in [6, 6.07) is 20.8. The van der Waals surface area contributed by atoms with E-state index < -0.39 is 213 Å². The molecule has 0 radical (unpaired) electrons. The Hall–Kier alpha value is -5.05. The Morgan fingerprint density at radius 3 is 1.01 bits per heavy atom. The normalized spacial score (nSPS) is 42.4. The van der Waals surface area contributed by atoms with Crippen LogP contribution in [0.15, 0.2) is 144 Å². The number of hydrogen-bond donors (Lipinski definition) is 4. The molecule has 18 rings (SSSR count). The van der Waals surface area contributed by atoms with Crippen molar-refractivity contribution >= 4 is 128 Å². The largest absolute Gasteiger partial charge is 1.00 e. The number of carbonyl (C=O) groups is 6. The maximum absolute atomic E-state index is 17.6. The summed E-state index contributed by atoms with van der Waals surface area (Å²) >= 11 is 24.3. The third kappa shape index (κ3) is 14.5. The Labute approximate surface area is 759 Å². The van der Waals surface area contributed by atoms with Crippen molar-refractivity contribution in [3.8, 4) is 0 Å². The summed E-state index contributed by atoms with van der Waals surface area (Å²) in [4.78, 5) is 96.8. The maximum atomic E-state index is 17.6. The Morgan fingerprint density at radius 2 is 0.758 bits per heavy atom. The van der Waals surface area contributed by atoms with Crippen LogP contribution < -0.4 is 46.5 Å². The molecule has 0 aromatic heterocycles. The number of hydrogen-bond acceptors (Lipinski definition) is 21. The fourth-order valence-electron chi connectivity index (χ4n) is 26.0. The van der Waals surface area contributed by atoms with Gasteiger partial charge in [-0.15, -0.1) is 11.6 Å². The molecular formula is C87H97Cl6F7LiN3O18S2. The van der Waals surface area contributed by atoms with E-state index in [1.807, 2.05) is 6.92 Å². The minimum absolute atomic E-state index is 0. The molecule has 3 heterocycles. The summed E-state index contributed by atoms with van der Waals surface area (Å²) in [5.74, 6) is -8.60. The van der Waals surface area contributed by atoms with Crippen LogP contribution in [-0.4, -0.2) is 201 Å². The first-order valence-corrected chi connectivity index (χ1v) is 46.4. The predicted octanol–water partition coefficient (Wildman–Crippen LogP) is 7.82. The number of fused-ring (bicyclic) bond motifs is 21. The Kier molecular flexibility index (Phi) is 26.4. The number of hydroxylamine groups is 3. The van der Waals surface area contributed by atoms with Crippen molar-refractivity contribution in [2.75, 3.05) is 73.6 Å². The van der Waals surface area contributed by atoms with Crippen molar-refractivity contribution in [1.29, 1.82) is 0 Å². The quantitative estimate of drug-likeness (QED) is 0.0467. The molecule has 0 spiro atoms. The number of allylic oxidation sites excluding steroid dienone is 12. The van der Waals surface area contributed by atoms with Gasteiger partial charge in [0.1, 0.15) is 31.7 Å². The molecule has 27 atom stereocenters. The zero-order valence-corrected chi connectivity index (χ0v) is 75.3. The average molecular weight is 1890 g/mol. The third-order valence-corrected chi connectivity index (χ3v) is 32.7. The van der Waals surface area contributed by atoms with Crippen LogP contribution in [0.3, 0.4) is 0 Å². The number of anilines is 3. The van der Waals surface area contributed by atoms with Crippen LogP contribution in [-0.2, 0) is 66.6 Å². The molecule has 12 aliphatic carbocycles. The summed E-state index contributed by atoms with van der Waals surface area (Å²) < 4.78 is 162. The van der Waals surface area contributed by atoms with Crippen LogP contribution in [0.1, 0.15) is 101 Å². The predicted molar refractivity (Wildman–Crippen MR) is 442 cm³/mol. The van der Waals surface area contributed by atoms with Crippen LogP contribution in [0.25, 0.3) is 0 Å². The summed E-state index contributed by atoms with van der Waals surface area (Å²) in [5.41, 5.74) is -16.9. The molecule has 0 amide bonds. The molecule has 672 valence electrons. The summed E-state index contributed by atoms with van der Waals surface area (Å²) in [6.45, 7) is 9.38. The second-order valence-corrected chi connectivity index (χ2v) is 42.9. The van der Waals surface area contributed by atoms with Gasteiger partial charge >= 0.3 is 18.9 Å². The number of aliphatic hydroxyl groups excluding tert-OH is 4. The second kappa shape index (κ2) is 34.0. The molecule has 15 aliphatic rings. The second-order valence-electron chi connectivity index (χ2n) is 36.7. The molecule has 3 aromatic rings. The molecule has 3 aromatic carbocycles. The van der Waals surface area contributed by atoms with E-state index in [9.17, 15) is 70.4 Å². The minimum atomic E-state index is -3.98. The van der Waals surface area contributed by atoms with Gasteiger partial charge in [0.25, 0.3) is 10.1 Å². The Morgan fingerprint density at radius 1 is 0.500 bits per heavy atom. The van der Waals surface area contributed by atoms with Crippen LogP contribution >= 0.6 is 57.1 Å². The van der Waals surface area contributed by atoms with Crippen molar-refractivity contribution in [3.05, 3.63) is 159 Å². The maximum Gasteiger partial charge on any atom is 1.00 e. The van der Waals surface area contributed by atoms with E-state index in [0.29, 0.717) is 52.4 Å². The van der Waals surface area contributed by atoms with E-state index >= 15 is 26.3 Å². The number of aliphatic hydroxyl groups is 4. The monoisotopic (exact) mass is 1890 g/mol. The van der Waals surface area contributed by atoms with E-state index in [1.54, 1.807) is 116 Å². The van der Waals surface area contributed by atoms with E-state index in [4.69, 9.17) is 66.5 Å².